The Hall–Kier alpha value is -1.88. The van der Waals surface area contributed by atoms with Crippen molar-refractivity contribution in [3.63, 3.8) is 0 Å². The third-order valence-electron chi connectivity index (χ3n) is 5.83. The predicted octanol–water partition coefficient (Wildman–Crippen LogP) is 2.18. The minimum absolute atomic E-state index is 0.340. The molecule has 2 saturated carbocycles. The van der Waals surface area contributed by atoms with Crippen molar-refractivity contribution >= 4 is 11.9 Å². The second-order valence-corrected chi connectivity index (χ2v) is 6.86. The lowest BCUT2D eigenvalue weighted by Gasteiger charge is -2.38. The van der Waals surface area contributed by atoms with Crippen LogP contribution < -0.4 is 0 Å². The monoisotopic (exact) mass is 318 g/mol. The highest BCUT2D eigenvalue weighted by molar-refractivity contribution is 5.85. The Bertz CT molecular complexity index is 599. The summed E-state index contributed by atoms with van der Waals surface area (Å²) in [7, 11) is 0. The Balaban J connectivity index is 2.01. The van der Waals surface area contributed by atoms with Gasteiger partial charge in [0.2, 0.25) is 0 Å². The van der Waals surface area contributed by atoms with Gasteiger partial charge < -0.3 is 15.3 Å². The quantitative estimate of drug-likeness (QED) is 0.791. The first kappa shape index (κ1) is 16.0. The number of fused-ring (bicyclic) bond motifs is 1. The van der Waals surface area contributed by atoms with Crippen molar-refractivity contribution in [3.8, 4) is 0 Å². The van der Waals surface area contributed by atoms with Gasteiger partial charge in [-0.15, -0.1) is 0 Å². The first-order chi connectivity index (χ1) is 11.0. The van der Waals surface area contributed by atoms with Crippen LogP contribution in [0.4, 0.5) is 0 Å². The molecule has 0 radical (unpaired) electrons. The average molecular weight is 318 g/mol. The van der Waals surface area contributed by atoms with E-state index in [0.717, 1.165) is 12.0 Å². The summed E-state index contributed by atoms with van der Waals surface area (Å²) in [5.41, 5.74) is -0.398. The molecule has 5 heteroatoms. The molecule has 124 valence electrons. The predicted molar refractivity (Wildman–Crippen MR) is 82.8 cm³/mol. The lowest BCUT2D eigenvalue weighted by atomic mass is 9.63. The molecule has 0 aromatic heterocycles. The van der Waals surface area contributed by atoms with Gasteiger partial charge in [0.1, 0.15) is 0 Å². The molecule has 2 fully saturated rings. The van der Waals surface area contributed by atoms with Crippen LogP contribution in [0.15, 0.2) is 30.3 Å². The third-order valence-corrected chi connectivity index (χ3v) is 5.83. The summed E-state index contributed by atoms with van der Waals surface area (Å²) in [6, 6.07) is 9.39. The van der Waals surface area contributed by atoms with Crippen LogP contribution in [-0.2, 0) is 16.0 Å². The number of aliphatic carboxylic acids is 2. The maximum absolute atomic E-state index is 12.0. The highest BCUT2D eigenvalue weighted by Crippen LogP contribution is 2.59. The van der Waals surface area contributed by atoms with Gasteiger partial charge in [-0.05, 0) is 24.8 Å². The maximum atomic E-state index is 12.0. The standard InChI is InChI=1S/C18H22O5/c19-15-12(10-11-6-2-1-3-7-11)14(16(20)21)18(17(22)23)9-5-4-8-13(15)18/h1-3,6-7,12-15,19H,4-5,8-10H2,(H,20,21)(H,22,23). The van der Waals surface area contributed by atoms with Crippen LogP contribution in [0.5, 0.6) is 0 Å². The summed E-state index contributed by atoms with van der Waals surface area (Å²) >= 11 is 0. The van der Waals surface area contributed by atoms with Crippen LogP contribution >= 0.6 is 0 Å². The van der Waals surface area contributed by atoms with Crippen LogP contribution in [-0.4, -0.2) is 33.4 Å². The molecule has 0 heterocycles. The van der Waals surface area contributed by atoms with E-state index in [4.69, 9.17) is 0 Å². The number of carbonyl (C=O) groups is 2. The average Bonchev–Trinajstić information content (AvgIpc) is 2.79. The Labute approximate surface area is 135 Å². The van der Waals surface area contributed by atoms with Crippen molar-refractivity contribution in [2.45, 2.75) is 38.2 Å². The molecule has 2 aliphatic rings. The number of hydrogen-bond donors (Lipinski definition) is 3. The van der Waals surface area contributed by atoms with E-state index in [1.807, 2.05) is 30.3 Å². The van der Waals surface area contributed by atoms with Gasteiger partial charge in [0.05, 0.1) is 17.4 Å². The SMILES string of the molecule is O=C(O)C1C(Cc2ccccc2)C(O)C2CCCCC21C(=O)O. The minimum atomic E-state index is -1.33. The summed E-state index contributed by atoms with van der Waals surface area (Å²) in [5, 5.41) is 30.4. The van der Waals surface area contributed by atoms with E-state index in [1.54, 1.807) is 0 Å². The van der Waals surface area contributed by atoms with Crippen LogP contribution in [0.2, 0.25) is 0 Å². The van der Waals surface area contributed by atoms with Crippen LogP contribution in [0.3, 0.4) is 0 Å². The van der Waals surface area contributed by atoms with Gasteiger partial charge in [0.15, 0.2) is 0 Å². The number of hydrogen-bond acceptors (Lipinski definition) is 3. The molecular formula is C18H22O5. The molecule has 1 aromatic carbocycles. The number of carboxylic acid groups (broad SMARTS) is 2. The second-order valence-electron chi connectivity index (χ2n) is 6.86. The Morgan fingerprint density at radius 3 is 2.43 bits per heavy atom. The Morgan fingerprint density at radius 1 is 1.13 bits per heavy atom. The molecule has 1 aromatic rings. The Morgan fingerprint density at radius 2 is 1.83 bits per heavy atom. The zero-order valence-corrected chi connectivity index (χ0v) is 12.9. The molecule has 0 spiro atoms. The third kappa shape index (κ3) is 2.43. The number of carboxylic acids is 2. The van der Waals surface area contributed by atoms with Crippen molar-refractivity contribution in [3.05, 3.63) is 35.9 Å². The van der Waals surface area contributed by atoms with Crippen molar-refractivity contribution < 1.29 is 24.9 Å². The van der Waals surface area contributed by atoms with E-state index in [2.05, 4.69) is 0 Å². The van der Waals surface area contributed by atoms with E-state index in [9.17, 15) is 24.9 Å². The fraction of sp³-hybridized carbons (Fsp3) is 0.556. The van der Waals surface area contributed by atoms with Gasteiger partial charge in [-0.25, -0.2) is 0 Å². The largest absolute Gasteiger partial charge is 0.481 e. The smallest absolute Gasteiger partial charge is 0.310 e. The lowest BCUT2D eigenvalue weighted by Crippen LogP contribution is -2.46. The highest BCUT2D eigenvalue weighted by atomic mass is 16.4. The second kappa shape index (κ2) is 5.96. The Kier molecular flexibility index (Phi) is 4.15. The summed E-state index contributed by atoms with van der Waals surface area (Å²) < 4.78 is 0. The fourth-order valence-electron chi connectivity index (χ4n) is 4.89. The van der Waals surface area contributed by atoms with E-state index in [0.29, 0.717) is 25.7 Å². The van der Waals surface area contributed by atoms with Crippen LogP contribution in [0.1, 0.15) is 31.2 Å². The highest BCUT2D eigenvalue weighted by Gasteiger charge is 2.66. The molecule has 0 saturated heterocycles. The first-order valence-electron chi connectivity index (χ1n) is 8.16. The van der Waals surface area contributed by atoms with Gasteiger partial charge in [0, 0.05) is 11.8 Å². The van der Waals surface area contributed by atoms with E-state index < -0.39 is 41.2 Å². The molecule has 0 bridgehead atoms. The summed E-state index contributed by atoms with van der Waals surface area (Å²) in [4.78, 5) is 24.0. The summed E-state index contributed by atoms with van der Waals surface area (Å²) in [5.74, 6) is -4.24. The number of rotatable bonds is 4. The molecule has 0 aliphatic heterocycles. The zero-order chi connectivity index (χ0) is 16.6. The van der Waals surface area contributed by atoms with E-state index in [-0.39, 0.29) is 0 Å². The molecule has 23 heavy (non-hydrogen) atoms. The number of benzene rings is 1. The zero-order valence-electron chi connectivity index (χ0n) is 12.9. The van der Waals surface area contributed by atoms with Gasteiger partial charge in [-0.3, -0.25) is 9.59 Å². The maximum Gasteiger partial charge on any atom is 0.310 e. The molecule has 3 N–H and O–H groups in total. The van der Waals surface area contributed by atoms with Gasteiger partial charge in [-0.2, -0.15) is 0 Å². The molecule has 0 amide bonds. The van der Waals surface area contributed by atoms with Crippen molar-refractivity contribution in [1.82, 2.24) is 0 Å². The molecule has 5 atom stereocenters. The normalized spacial score (nSPS) is 36.4. The number of aliphatic hydroxyl groups excluding tert-OH is 1. The van der Waals surface area contributed by atoms with Gasteiger partial charge >= 0.3 is 11.9 Å². The molecule has 5 unspecified atom stereocenters. The van der Waals surface area contributed by atoms with Crippen molar-refractivity contribution in [2.24, 2.45) is 23.2 Å². The van der Waals surface area contributed by atoms with Gasteiger partial charge in [0.25, 0.3) is 0 Å². The van der Waals surface area contributed by atoms with Crippen molar-refractivity contribution in [2.75, 3.05) is 0 Å². The van der Waals surface area contributed by atoms with E-state index >= 15 is 0 Å². The molecule has 3 rings (SSSR count). The molecular weight excluding hydrogens is 296 g/mol. The fourth-order valence-corrected chi connectivity index (χ4v) is 4.89. The van der Waals surface area contributed by atoms with E-state index in [1.165, 1.54) is 0 Å². The topological polar surface area (TPSA) is 94.8 Å². The minimum Gasteiger partial charge on any atom is -0.481 e. The first-order valence-corrected chi connectivity index (χ1v) is 8.16. The van der Waals surface area contributed by atoms with Crippen molar-refractivity contribution in [1.29, 1.82) is 0 Å². The summed E-state index contributed by atoms with van der Waals surface area (Å²) in [6.45, 7) is 0. The summed E-state index contributed by atoms with van der Waals surface area (Å²) in [6.07, 6.45) is 1.99. The molecule has 2 aliphatic carbocycles. The van der Waals surface area contributed by atoms with Gasteiger partial charge in [-0.1, -0.05) is 43.2 Å². The number of aliphatic hydroxyl groups is 1. The lowest BCUT2D eigenvalue weighted by molar-refractivity contribution is -0.167. The molecule has 5 nitrogen and oxygen atoms in total. The van der Waals surface area contributed by atoms with Crippen LogP contribution in [0, 0.1) is 23.2 Å². The van der Waals surface area contributed by atoms with Crippen LogP contribution in [0.25, 0.3) is 0 Å².